The molecule has 0 aliphatic carbocycles. The third-order valence-corrected chi connectivity index (χ3v) is 3.01. The summed E-state index contributed by atoms with van der Waals surface area (Å²) in [4.78, 5) is 14.4. The lowest BCUT2D eigenvalue weighted by Gasteiger charge is -2.09. The Balaban J connectivity index is 2.05. The molecule has 0 spiro atoms. The fraction of sp³-hybridized carbons (Fsp3) is 0. The van der Waals surface area contributed by atoms with Crippen LogP contribution in [0, 0.1) is 15.9 Å². The lowest BCUT2D eigenvalue weighted by atomic mass is 10.2. The SMILES string of the molecule is O=[N+]([O-])c1cc(F)cc(Nc2cccc3cccnc23)c1. The molecule has 1 aromatic heterocycles. The number of para-hydroxylation sites is 1. The molecule has 0 amide bonds. The molecule has 1 N–H and O–H groups in total. The summed E-state index contributed by atoms with van der Waals surface area (Å²) >= 11 is 0. The fourth-order valence-corrected chi connectivity index (χ4v) is 2.11. The second-order valence-corrected chi connectivity index (χ2v) is 4.46. The largest absolute Gasteiger partial charge is 0.353 e. The molecule has 104 valence electrons. The van der Waals surface area contributed by atoms with Gasteiger partial charge in [0.05, 0.1) is 22.2 Å². The van der Waals surface area contributed by atoms with Crippen LogP contribution in [0.2, 0.25) is 0 Å². The van der Waals surface area contributed by atoms with Crippen LogP contribution in [0.15, 0.2) is 54.7 Å². The maximum atomic E-state index is 13.4. The van der Waals surface area contributed by atoms with Gasteiger partial charge in [-0.2, -0.15) is 0 Å². The van der Waals surface area contributed by atoms with Crippen LogP contribution in [-0.4, -0.2) is 9.91 Å². The molecular formula is C15H10FN3O2. The lowest BCUT2D eigenvalue weighted by molar-refractivity contribution is -0.385. The molecule has 0 atom stereocenters. The van der Waals surface area contributed by atoms with Crippen LogP contribution in [0.5, 0.6) is 0 Å². The van der Waals surface area contributed by atoms with Gasteiger partial charge in [-0.1, -0.05) is 18.2 Å². The first kappa shape index (κ1) is 13.0. The first-order valence-corrected chi connectivity index (χ1v) is 6.19. The summed E-state index contributed by atoms with van der Waals surface area (Å²) in [5.74, 6) is -0.667. The molecule has 2 aromatic carbocycles. The Morgan fingerprint density at radius 1 is 1.14 bits per heavy atom. The van der Waals surface area contributed by atoms with Crippen LogP contribution >= 0.6 is 0 Å². The first-order valence-electron chi connectivity index (χ1n) is 6.19. The molecule has 0 radical (unpaired) electrons. The highest BCUT2D eigenvalue weighted by Gasteiger charge is 2.11. The minimum atomic E-state index is -0.667. The zero-order chi connectivity index (χ0) is 14.8. The van der Waals surface area contributed by atoms with E-state index in [1.165, 1.54) is 12.1 Å². The molecule has 0 saturated heterocycles. The van der Waals surface area contributed by atoms with Crippen molar-refractivity contribution in [2.24, 2.45) is 0 Å². The van der Waals surface area contributed by atoms with Gasteiger partial charge in [-0.25, -0.2) is 4.39 Å². The van der Waals surface area contributed by atoms with E-state index in [1.54, 1.807) is 12.3 Å². The highest BCUT2D eigenvalue weighted by atomic mass is 19.1. The number of nitro groups is 1. The van der Waals surface area contributed by atoms with Crippen molar-refractivity contribution in [3.05, 3.63) is 70.7 Å². The topological polar surface area (TPSA) is 68.1 Å². The van der Waals surface area contributed by atoms with Gasteiger partial charge in [0.2, 0.25) is 0 Å². The molecule has 21 heavy (non-hydrogen) atoms. The van der Waals surface area contributed by atoms with E-state index in [2.05, 4.69) is 10.3 Å². The van der Waals surface area contributed by atoms with Gasteiger partial charge in [-0.15, -0.1) is 0 Å². The summed E-state index contributed by atoms with van der Waals surface area (Å²) in [5, 5.41) is 14.7. The summed E-state index contributed by atoms with van der Waals surface area (Å²) in [6.45, 7) is 0. The van der Waals surface area contributed by atoms with Crippen molar-refractivity contribution < 1.29 is 9.31 Å². The Labute approximate surface area is 119 Å². The maximum absolute atomic E-state index is 13.4. The van der Waals surface area contributed by atoms with Gasteiger partial charge in [0.1, 0.15) is 5.82 Å². The van der Waals surface area contributed by atoms with E-state index in [-0.39, 0.29) is 5.69 Å². The van der Waals surface area contributed by atoms with E-state index in [1.807, 2.05) is 24.3 Å². The number of nitrogens with one attached hydrogen (secondary N) is 1. The molecule has 6 heteroatoms. The van der Waals surface area contributed by atoms with Gasteiger partial charge in [0.15, 0.2) is 0 Å². The molecule has 0 unspecified atom stereocenters. The van der Waals surface area contributed by atoms with Crippen LogP contribution in [0.25, 0.3) is 10.9 Å². The Morgan fingerprint density at radius 3 is 2.76 bits per heavy atom. The molecule has 0 bridgehead atoms. The number of aromatic nitrogens is 1. The summed E-state index contributed by atoms with van der Waals surface area (Å²) in [6.07, 6.45) is 1.65. The molecule has 0 saturated carbocycles. The van der Waals surface area contributed by atoms with E-state index in [4.69, 9.17) is 0 Å². The van der Waals surface area contributed by atoms with Crippen LogP contribution < -0.4 is 5.32 Å². The molecule has 1 heterocycles. The Morgan fingerprint density at radius 2 is 1.95 bits per heavy atom. The quantitative estimate of drug-likeness (QED) is 0.582. The molecule has 5 nitrogen and oxygen atoms in total. The summed E-state index contributed by atoms with van der Waals surface area (Å²) in [5.41, 5.74) is 1.38. The third kappa shape index (κ3) is 2.64. The molecule has 3 rings (SSSR count). The Bertz CT molecular complexity index is 831. The van der Waals surface area contributed by atoms with E-state index >= 15 is 0 Å². The number of halogens is 1. The van der Waals surface area contributed by atoms with E-state index in [0.717, 1.165) is 11.5 Å². The minimum Gasteiger partial charge on any atom is -0.353 e. The molecule has 3 aromatic rings. The van der Waals surface area contributed by atoms with Crippen molar-refractivity contribution in [2.75, 3.05) is 5.32 Å². The second-order valence-electron chi connectivity index (χ2n) is 4.46. The summed E-state index contributed by atoms with van der Waals surface area (Å²) < 4.78 is 13.4. The molecular weight excluding hydrogens is 273 g/mol. The number of fused-ring (bicyclic) bond motifs is 1. The second kappa shape index (κ2) is 5.16. The monoisotopic (exact) mass is 283 g/mol. The lowest BCUT2D eigenvalue weighted by Crippen LogP contribution is -1.96. The van der Waals surface area contributed by atoms with Crippen molar-refractivity contribution >= 4 is 28.0 Å². The van der Waals surface area contributed by atoms with E-state index < -0.39 is 10.7 Å². The Kier molecular flexibility index (Phi) is 3.19. The van der Waals surface area contributed by atoms with Crippen LogP contribution in [0.1, 0.15) is 0 Å². The van der Waals surface area contributed by atoms with Crippen LogP contribution in [0.4, 0.5) is 21.5 Å². The van der Waals surface area contributed by atoms with Gasteiger partial charge in [-0.3, -0.25) is 15.1 Å². The number of rotatable bonds is 3. The zero-order valence-corrected chi connectivity index (χ0v) is 10.8. The fourth-order valence-electron chi connectivity index (χ4n) is 2.11. The van der Waals surface area contributed by atoms with Crippen LogP contribution in [-0.2, 0) is 0 Å². The average Bonchev–Trinajstić information content (AvgIpc) is 2.47. The van der Waals surface area contributed by atoms with Crippen LogP contribution in [0.3, 0.4) is 0 Å². The summed E-state index contributed by atoms with van der Waals surface area (Å²) in [7, 11) is 0. The number of pyridine rings is 1. The average molecular weight is 283 g/mol. The number of nitro benzene ring substituents is 1. The Hall–Kier alpha value is -3.02. The third-order valence-electron chi connectivity index (χ3n) is 3.01. The van der Waals surface area contributed by atoms with Gasteiger partial charge in [-0.05, 0) is 18.2 Å². The van der Waals surface area contributed by atoms with Crippen molar-refractivity contribution in [1.29, 1.82) is 0 Å². The molecule has 0 fully saturated rings. The van der Waals surface area contributed by atoms with Crippen molar-refractivity contribution in [1.82, 2.24) is 4.98 Å². The number of hydrogen-bond acceptors (Lipinski definition) is 4. The number of hydrogen-bond donors (Lipinski definition) is 1. The van der Waals surface area contributed by atoms with Gasteiger partial charge < -0.3 is 5.32 Å². The van der Waals surface area contributed by atoms with Crippen molar-refractivity contribution in [3.8, 4) is 0 Å². The van der Waals surface area contributed by atoms with Gasteiger partial charge in [0, 0.05) is 23.3 Å². The molecule has 0 aliphatic heterocycles. The van der Waals surface area contributed by atoms with Gasteiger partial charge >= 0.3 is 0 Å². The van der Waals surface area contributed by atoms with Crippen molar-refractivity contribution in [3.63, 3.8) is 0 Å². The number of anilines is 2. The van der Waals surface area contributed by atoms with E-state index in [0.29, 0.717) is 16.9 Å². The van der Waals surface area contributed by atoms with Gasteiger partial charge in [0.25, 0.3) is 5.69 Å². The minimum absolute atomic E-state index is 0.300. The highest BCUT2D eigenvalue weighted by Crippen LogP contribution is 2.27. The summed E-state index contributed by atoms with van der Waals surface area (Å²) in [6, 6.07) is 12.6. The first-order chi connectivity index (χ1) is 10.1. The zero-order valence-electron chi connectivity index (χ0n) is 10.8. The van der Waals surface area contributed by atoms with Crippen molar-refractivity contribution in [2.45, 2.75) is 0 Å². The normalized spacial score (nSPS) is 10.5. The van der Waals surface area contributed by atoms with E-state index in [9.17, 15) is 14.5 Å². The predicted octanol–water partition coefficient (Wildman–Crippen LogP) is 4.03. The standard InChI is InChI=1S/C15H10FN3O2/c16-11-7-12(9-13(8-11)19(20)21)18-14-5-1-3-10-4-2-6-17-15(10)14/h1-9,18H. The number of benzene rings is 2. The highest BCUT2D eigenvalue weighted by molar-refractivity contribution is 5.92. The predicted molar refractivity (Wildman–Crippen MR) is 78.1 cm³/mol. The number of nitrogens with zero attached hydrogens (tertiary/aromatic N) is 2. The maximum Gasteiger partial charge on any atom is 0.274 e. The smallest absolute Gasteiger partial charge is 0.274 e. The molecule has 0 aliphatic rings. The number of non-ortho nitro benzene ring substituents is 1.